The molecule has 0 bridgehead atoms. The van der Waals surface area contributed by atoms with E-state index in [2.05, 4.69) is 15.5 Å². The third kappa shape index (κ3) is 4.77. The van der Waals surface area contributed by atoms with Crippen molar-refractivity contribution in [1.29, 1.82) is 0 Å². The van der Waals surface area contributed by atoms with Gasteiger partial charge in [-0.1, -0.05) is 5.16 Å². The summed E-state index contributed by atoms with van der Waals surface area (Å²) in [5.41, 5.74) is 0. The van der Waals surface area contributed by atoms with Crippen LogP contribution in [0.5, 0.6) is 0 Å². The van der Waals surface area contributed by atoms with E-state index in [1.807, 2.05) is 0 Å². The minimum atomic E-state index is -3.18. The molecular weight excluding hydrogens is 348 g/mol. The lowest BCUT2D eigenvalue weighted by atomic mass is 9.97. The average Bonchev–Trinajstić information content (AvgIpc) is 3.09. The molecule has 25 heavy (non-hydrogen) atoms. The number of ether oxygens (including phenoxy) is 1. The fraction of sp³-hybridized carbons (Fsp3) is 0.800. The number of amides is 1. The van der Waals surface area contributed by atoms with Crippen LogP contribution in [0.1, 0.15) is 43.3 Å². The molecule has 10 heteroatoms. The topological polar surface area (TPSA) is 115 Å². The van der Waals surface area contributed by atoms with Crippen molar-refractivity contribution in [3.63, 3.8) is 0 Å². The van der Waals surface area contributed by atoms with Crippen molar-refractivity contribution in [2.75, 3.05) is 32.6 Å². The molecular formula is C15H24N4O5S. The molecule has 1 amide bonds. The maximum absolute atomic E-state index is 12.3. The first-order chi connectivity index (χ1) is 11.9. The second kappa shape index (κ2) is 7.79. The maximum atomic E-state index is 12.3. The van der Waals surface area contributed by atoms with Crippen LogP contribution < -0.4 is 5.32 Å². The molecule has 3 heterocycles. The van der Waals surface area contributed by atoms with Crippen LogP contribution in [0, 0.1) is 5.92 Å². The predicted octanol–water partition coefficient (Wildman–Crippen LogP) is 0.251. The summed E-state index contributed by atoms with van der Waals surface area (Å²) in [7, 11) is -3.18. The molecule has 2 saturated heterocycles. The molecule has 0 unspecified atom stereocenters. The Bertz CT molecular complexity index is 691. The van der Waals surface area contributed by atoms with Crippen LogP contribution in [0.15, 0.2) is 4.52 Å². The smallest absolute Gasteiger partial charge is 0.246 e. The van der Waals surface area contributed by atoms with E-state index in [1.54, 1.807) is 0 Å². The number of aromatic nitrogens is 2. The number of hydrogen-bond donors (Lipinski definition) is 1. The molecule has 2 aliphatic heterocycles. The lowest BCUT2D eigenvalue weighted by Gasteiger charge is -2.29. The molecule has 140 valence electrons. The highest BCUT2D eigenvalue weighted by molar-refractivity contribution is 7.88. The van der Waals surface area contributed by atoms with Gasteiger partial charge in [-0.3, -0.25) is 4.79 Å². The second-order valence-electron chi connectivity index (χ2n) is 6.59. The van der Waals surface area contributed by atoms with Crippen molar-refractivity contribution in [3.05, 3.63) is 11.7 Å². The summed E-state index contributed by atoms with van der Waals surface area (Å²) >= 11 is 0. The van der Waals surface area contributed by atoms with Gasteiger partial charge in [-0.2, -0.15) is 4.98 Å². The largest absolute Gasteiger partial charge is 0.381 e. The van der Waals surface area contributed by atoms with Gasteiger partial charge in [0, 0.05) is 38.1 Å². The third-order valence-corrected chi connectivity index (χ3v) is 6.08. The van der Waals surface area contributed by atoms with E-state index in [1.165, 1.54) is 10.6 Å². The lowest BCUT2D eigenvalue weighted by molar-refractivity contribution is -0.126. The van der Waals surface area contributed by atoms with E-state index >= 15 is 0 Å². The van der Waals surface area contributed by atoms with Gasteiger partial charge in [0.15, 0.2) is 5.82 Å². The summed E-state index contributed by atoms with van der Waals surface area (Å²) in [6.07, 6.45) is 4.00. The zero-order valence-corrected chi connectivity index (χ0v) is 15.1. The van der Waals surface area contributed by atoms with Gasteiger partial charge in [-0.15, -0.1) is 0 Å². The minimum Gasteiger partial charge on any atom is -0.381 e. The zero-order chi connectivity index (χ0) is 17.9. The normalized spacial score (nSPS) is 21.3. The summed E-state index contributed by atoms with van der Waals surface area (Å²) in [6.45, 7) is 2.37. The van der Waals surface area contributed by atoms with Crippen molar-refractivity contribution in [1.82, 2.24) is 19.8 Å². The molecule has 2 aliphatic rings. The number of nitrogens with zero attached hydrogens (tertiary/aromatic N) is 3. The van der Waals surface area contributed by atoms with Gasteiger partial charge in [-0.25, -0.2) is 12.7 Å². The van der Waals surface area contributed by atoms with Gasteiger partial charge >= 0.3 is 0 Å². The van der Waals surface area contributed by atoms with Crippen molar-refractivity contribution < 1.29 is 22.5 Å². The average molecular weight is 372 g/mol. The van der Waals surface area contributed by atoms with Gasteiger partial charge in [0.2, 0.25) is 21.8 Å². The standard InChI is InChI=1S/C15H24N4O5S/c1-25(21,22)19-6-2-12(3-7-19)15(20)16-10-13-17-14(18-24-13)11-4-8-23-9-5-11/h11-12H,2-10H2,1H3,(H,16,20). The number of carbonyl (C=O) groups is 1. The van der Waals surface area contributed by atoms with Crippen LogP contribution >= 0.6 is 0 Å². The van der Waals surface area contributed by atoms with Gasteiger partial charge in [0.25, 0.3) is 0 Å². The van der Waals surface area contributed by atoms with Crippen LogP contribution in [0.25, 0.3) is 0 Å². The molecule has 0 aromatic carbocycles. The number of rotatable bonds is 5. The van der Waals surface area contributed by atoms with Crippen molar-refractivity contribution in [2.24, 2.45) is 5.92 Å². The SMILES string of the molecule is CS(=O)(=O)N1CCC(C(=O)NCc2nc(C3CCOCC3)no2)CC1. The number of nitrogens with one attached hydrogen (secondary N) is 1. The van der Waals surface area contributed by atoms with Crippen LogP contribution in [0.4, 0.5) is 0 Å². The summed E-state index contributed by atoms with van der Waals surface area (Å²) in [5.74, 6) is 1.04. The van der Waals surface area contributed by atoms with Gasteiger partial charge < -0.3 is 14.6 Å². The lowest BCUT2D eigenvalue weighted by Crippen LogP contribution is -2.42. The second-order valence-corrected chi connectivity index (χ2v) is 8.57. The van der Waals surface area contributed by atoms with E-state index in [0.29, 0.717) is 50.9 Å². The molecule has 0 spiro atoms. The van der Waals surface area contributed by atoms with Crippen molar-refractivity contribution in [3.8, 4) is 0 Å². The van der Waals surface area contributed by atoms with E-state index in [-0.39, 0.29) is 24.3 Å². The zero-order valence-electron chi connectivity index (χ0n) is 14.3. The fourth-order valence-corrected chi connectivity index (χ4v) is 4.09. The highest BCUT2D eigenvalue weighted by Gasteiger charge is 2.29. The summed E-state index contributed by atoms with van der Waals surface area (Å²) in [4.78, 5) is 16.6. The quantitative estimate of drug-likeness (QED) is 0.788. The third-order valence-electron chi connectivity index (χ3n) is 4.78. The Morgan fingerprint density at radius 2 is 1.92 bits per heavy atom. The number of sulfonamides is 1. The Kier molecular flexibility index (Phi) is 5.70. The molecule has 1 aromatic rings. The van der Waals surface area contributed by atoms with Crippen molar-refractivity contribution in [2.45, 2.75) is 38.1 Å². The summed E-state index contributed by atoms with van der Waals surface area (Å²) in [6, 6.07) is 0. The van der Waals surface area contributed by atoms with Crippen LogP contribution in [0.2, 0.25) is 0 Å². The molecule has 0 saturated carbocycles. The highest BCUT2D eigenvalue weighted by Crippen LogP contribution is 2.24. The van der Waals surface area contributed by atoms with E-state index in [9.17, 15) is 13.2 Å². The van der Waals surface area contributed by atoms with E-state index < -0.39 is 10.0 Å². The Balaban J connectivity index is 1.46. The minimum absolute atomic E-state index is 0.0982. The number of carbonyl (C=O) groups excluding carboxylic acids is 1. The Hall–Kier alpha value is -1.52. The fourth-order valence-electron chi connectivity index (χ4n) is 3.22. The molecule has 3 rings (SSSR count). The molecule has 0 radical (unpaired) electrons. The van der Waals surface area contributed by atoms with E-state index in [0.717, 1.165) is 12.8 Å². The summed E-state index contributed by atoms with van der Waals surface area (Å²) < 4.78 is 34.9. The molecule has 1 aromatic heterocycles. The Morgan fingerprint density at radius 3 is 2.56 bits per heavy atom. The highest BCUT2D eigenvalue weighted by atomic mass is 32.2. The number of piperidine rings is 1. The molecule has 1 N–H and O–H groups in total. The van der Waals surface area contributed by atoms with Crippen molar-refractivity contribution >= 4 is 15.9 Å². The summed E-state index contributed by atoms with van der Waals surface area (Å²) in [5, 5.41) is 6.81. The van der Waals surface area contributed by atoms with Gasteiger partial charge in [-0.05, 0) is 25.7 Å². The van der Waals surface area contributed by atoms with E-state index in [4.69, 9.17) is 9.26 Å². The number of hydrogen-bond acceptors (Lipinski definition) is 7. The van der Waals surface area contributed by atoms with Crippen LogP contribution in [-0.2, 0) is 26.1 Å². The van der Waals surface area contributed by atoms with Gasteiger partial charge in [0.05, 0.1) is 12.8 Å². The monoisotopic (exact) mass is 372 g/mol. The Morgan fingerprint density at radius 1 is 1.24 bits per heavy atom. The van der Waals surface area contributed by atoms with Gasteiger partial charge in [0.1, 0.15) is 0 Å². The molecule has 9 nitrogen and oxygen atoms in total. The van der Waals surface area contributed by atoms with Crippen LogP contribution in [0.3, 0.4) is 0 Å². The molecule has 0 aliphatic carbocycles. The molecule has 2 fully saturated rings. The first-order valence-corrected chi connectivity index (χ1v) is 10.4. The first-order valence-electron chi connectivity index (χ1n) is 8.56. The first kappa shape index (κ1) is 18.3. The predicted molar refractivity (Wildman–Crippen MR) is 88.1 cm³/mol. The molecule has 0 atom stereocenters. The maximum Gasteiger partial charge on any atom is 0.246 e. The van der Waals surface area contributed by atoms with Crippen LogP contribution in [-0.4, -0.2) is 61.3 Å². The Labute approximate surface area is 147 Å².